The number of amides is 2. The molecular weight excluding hydrogens is 340 g/mol. The van der Waals surface area contributed by atoms with Gasteiger partial charge in [0.05, 0.1) is 11.7 Å². The lowest BCUT2D eigenvalue weighted by molar-refractivity contribution is -0.0215. The van der Waals surface area contributed by atoms with Gasteiger partial charge in [0, 0.05) is 24.8 Å². The zero-order valence-electron chi connectivity index (χ0n) is 16.7. The number of aliphatic hydroxyl groups is 1. The highest BCUT2D eigenvalue weighted by atomic mass is 16.5. The first-order chi connectivity index (χ1) is 12.9. The number of carbonyl (C=O) groups excluding carboxylic acids is 1. The van der Waals surface area contributed by atoms with E-state index >= 15 is 0 Å². The number of nitrogens with one attached hydrogen (secondary N) is 1. The molecule has 3 rings (SSSR count). The minimum atomic E-state index is -0.615. The van der Waals surface area contributed by atoms with Crippen LogP contribution in [0.25, 0.3) is 0 Å². The molecule has 1 saturated heterocycles. The number of hydrogen-bond acceptors (Lipinski definition) is 3. The standard InChI is InChI=1S/C22H34N2O3/c1-17(2)10-11-22(26)12-14-24(15-13-22)21(25)23-18-6-5-9-20(16-18)27-19-7-3-4-8-19/h5-6,9,16-17,19,26H,3-4,7-8,10-15H2,1-2H3,(H,23,25). The number of benzene rings is 1. The highest BCUT2D eigenvalue weighted by molar-refractivity contribution is 5.89. The summed E-state index contributed by atoms with van der Waals surface area (Å²) in [5.74, 6) is 1.41. The summed E-state index contributed by atoms with van der Waals surface area (Å²) in [5.41, 5.74) is 0.145. The van der Waals surface area contributed by atoms with Gasteiger partial charge in [-0.1, -0.05) is 19.9 Å². The summed E-state index contributed by atoms with van der Waals surface area (Å²) in [5, 5.41) is 13.7. The highest BCUT2D eigenvalue weighted by Gasteiger charge is 2.33. The van der Waals surface area contributed by atoms with Crippen LogP contribution in [0.2, 0.25) is 0 Å². The predicted octanol–water partition coefficient (Wildman–Crippen LogP) is 4.80. The quantitative estimate of drug-likeness (QED) is 0.751. The summed E-state index contributed by atoms with van der Waals surface area (Å²) in [4.78, 5) is 14.4. The Balaban J connectivity index is 1.49. The number of nitrogens with zero attached hydrogens (tertiary/aromatic N) is 1. The number of carbonyl (C=O) groups is 1. The maximum Gasteiger partial charge on any atom is 0.321 e. The van der Waals surface area contributed by atoms with Crippen LogP contribution in [0.15, 0.2) is 24.3 Å². The Hall–Kier alpha value is -1.75. The van der Waals surface area contributed by atoms with Crippen molar-refractivity contribution in [2.45, 2.75) is 76.9 Å². The first-order valence-electron chi connectivity index (χ1n) is 10.5. The monoisotopic (exact) mass is 374 g/mol. The molecule has 0 spiro atoms. The van der Waals surface area contributed by atoms with Gasteiger partial charge in [-0.2, -0.15) is 0 Å². The van der Waals surface area contributed by atoms with Gasteiger partial charge >= 0.3 is 6.03 Å². The summed E-state index contributed by atoms with van der Waals surface area (Å²) in [6.07, 6.45) is 8.15. The van der Waals surface area contributed by atoms with Gasteiger partial charge in [-0.25, -0.2) is 4.79 Å². The largest absolute Gasteiger partial charge is 0.490 e. The number of urea groups is 1. The molecular formula is C22H34N2O3. The molecule has 2 fully saturated rings. The molecule has 1 aliphatic carbocycles. The van der Waals surface area contributed by atoms with Crippen LogP contribution in [-0.4, -0.2) is 40.8 Å². The summed E-state index contributed by atoms with van der Waals surface area (Å²) >= 11 is 0. The van der Waals surface area contributed by atoms with Gasteiger partial charge in [0.1, 0.15) is 5.75 Å². The van der Waals surface area contributed by atoms with Crippen LogP contribution in [0.3, 0.4) is 0 Å². The van der Waals surface area contributed by atoms with E-state index in [1.54, 1.807) is 4.90 Å². The number of likely N-dealkylation sites (tertiary alicyclic amines) is 1. The second-order valence-electron chi connectivity index (χ2n) is 8.63. The van der Waals surface area contributed by atoms with Gasteiger partial charge in [0.15, 0.2) is 0 Å². The minimum Gasteiger partial charge on any atom is -0.490 e. The molecule has 5 heteroatoms. The van der Waals surface area contributed by atoms with E-state index in [4.69, 9.17) is 4.74 Å². The highest BCUT2D eigenvalue weighted by Crippen LogP contribution is 2.29. The number of anilines is 1. The summed E-state index contributed by atoms with van der Waals surface area (Å²) in [6, 6.07) is 7.56. The predicted molar refractivity (Wildman–Crippen MR) is 108 cm³/mol. The van der Waals surface area contributed by atoms with Crippen molar-refractivity contribution in [1.82, 2.24) is 4.90 Å². The van der Waals surface area contributed by atoms with E-state index in [9.17, 15) is 9.90 Å². The molecule has 0 bridgehead atoms. The number of ether oxygens (including phenoxy) is 1. The molecule has 0 radical (unpaired) electrons. The van der Waals surface area contributed by atoms with Crippen molar-refractivity contribution >= 4 is 11.7 Å². The van der Waals surface area contributed by atoms with E-state index in [0.717, 1.165) is 37.1 Å². The van der Waals surface area contributed by atoms with E-state index in [2.05, 4.69) is 19.2 Å². The fourth-order valence-corrected chi connectivity index (χ4v) is 3.98. The van der Waals surface area contributed by atoms with Gasteiger partial charge in [-0.3, -0.25) is 0 Å². The van der Waals surface area contributed by atoms with Gasteiger partial charge in [0.2, 0.25) is 0 Å². The fourth-order valence-electron chi connectivity index (χ4n) is 3.98. The van der Waals surface area contributed by atoms with Crippen molar-refractivity contribution in [2.24, 2.45) is 5.92 Å². The Morgan fingerprint density at radius 1 is 1.30 bits per heavy atom. The van der Waals surface area contributed by atoms with Crippen molar-refractivity contribution in [3.05, 3.63) is 24.3 Å². The molecule has 5 nitrogen and oxygen atoms in total. The van der Waals surface area contributed by atoms with Crippen LogP contribution in [-0.2, 0) is 0 Å². The van der Waals surface area contributed by atoms with Gasteiger partial charge in [0.25, 0.3) is 0 Å². The van der Waals surface area contributed by atoms with Crippen molar-refractivity contribution in [3.63, 3.8) is 0 Å². The number of piperidine rings is 1. The van der Waals surface area contributed by atoms with Crippen LogP contribution in [0.1, 0.15) is 65.2 Å². The van der Waals surface area contributed by atoms with Gasteiger partial charge in [-0.05, 0) is 69.4 Å². The molecule has 1 heterocycles. The average Bonchev–Trinajstić information content (AvgIpc) is 3.14. The van der Waals surface area contributed by atoms with Gasteiger partial charge < -0.3 is 20.1 Å². The molecule has 2 amide bonds. The third-order valence-electron chi connectivity index (χ3n) is 5.86. The van der Waals surface area contributed by atoms with Crippen LogP contribution in [0.5, 0.6) is 5.75 Å². The van der Waals surface area contributed by atoms with Crippen LogP contribution >= 0.6 is 0 Å². The van der Waals surface area contributed by atoms with Crippen LogP contribution < -0.4 is 10.1 Å². The van der Waals surface area contributed by atoms with Crippen molar-refractivity contribution < 1.29 is 14.6 Å². The Morgan fingerprint density at radius 2 is 2.00 bits per heavy atom. The molecule has 150 valence electrons. The Kier molecular flexibility index (Phi) is 6.64. The lowest BCUT2D eigenvalue weighted by Gasteiger charge is -2.38. The summed E-state index contributed by atoms with van der Waals surface area (Å²) < 4.78 is 6.02. The third-order valence-corrected chi connectivity index (χ3v) is 5.86. The Morgan fingerprint density at radius 3 is 2.67 bits per heavy atom. The second kappa shape index (κ2) is 8.96. The molecule has 1 saturated carbocycles. The third kappa shape index (κ3) is 5.86. The minimum absolute atomic E-state index is 0.0982. The van der Waals surface area contributed by atoms with Crippen LogP contribution in [0.4, 0.5) is 10.5 Å². The molecule has 27 heavy (non-hydrogen) atoms. The molecule has 0 atom stereocenters. The maximum absolute atomic E-state index is 12.6. The topological polar surface area (TPSA) is 61.8 Å². The zero-order chi connectivity index (χ0) is 19.3. The molecule has 0 aromatic heterocycles. The summed E-state index contributed by atoms with van der Waals surface area (Å²) in [7, 11) is 0. The molecule has 1 aromatic carbocycles. The maximum atomic E-state index is 12.6. The van der Waals surface area contributed by atoms with E-state index in [1.807, 2.05) is 24.3 Å². The zero-order valence-corrected chi connectivity index (χ0v) is 16.7. The first kappa shape index (κ1) is 20.0. The van der Waals surface area contributed by atoms with E-state index in [-0.39, 0.29) is 6.03 Å². The molecule has 2 aliphatic rings. The Labute approximate surface area is 163 Å². The molecule has 1 aromatic rings. The smallest absolute Gasteiger partial charge is 0.321 e. The van der Waals surface area contributed by atoms with Crippen molar-refractivity contribution in [1.29, 1.82) is 0 Å². The van der Waals surface area contributed by atoms with Crippen molar-refractivity contribution in [3.8, 4) is 5.75 Å². The number of rotatable bonds is 6. The SMILES string of the molecule is CC(C)CCC1(O)CCN(C(=O)Nc2cccc(OC3CCCC3)c2)CC1. The molecule has 2 N–H and O–H groups in total. The number of hydrogen-bond donors (Lipinski definition) is 2. The lowest BCUT2D eigenvalue weighted by Crippen LogP contribution is -2.48. The fraction of sp³-hybridized carbons (Fsp3) is 0.682. The molecule has 1 aliphatic heterocycles. The average molecular weight is 375 g/mol. The van der Waals surface area contributed by atoms with E-state index < -0.39 is 5.60 Å². The summed E-state index contributed by atoms with van der Waals surface area (Å²) in [6.45, 7) is 5.55. The molecule has 0 unspecified atom stereocenters. The first-order valence-corrected chi connectivity index (χ1v) is 10.5. The van der Waals surface area contributed by atoms with E-state index in [0.29, 0.717) is 38.0 Å². The second-order valence-corrected chi connectivity index (χ2v) is 8.63. The van der Waals surface area contributed by atoms with E-state index in [1.165, 1.54) is 12.8 Å². The van der Waals surface area contributed by atoms with Gasteiger partial charge in [-0.15, -0.1) is 0 Å². The normalized spacial score (nSPS) is 20.1. The lowest BCUT2D eigenvalue weighted by atomic mass is 9.85. The van der Waals surface area contributed by atoms with Crippen molar-refractivity contribution in [2.75, 3.05) is 18.4 Å². The van der Waals surface area contributed by atoms with Crippen LogP contribution in [0, 0.1) is 5.92 Å². The Bertz CT molecular complexity index is 618.